The predicted octanol–water partition coefficient (Wildman–Crippen LogP) is 3.19. The van der Waals surface area contributed by atoms with E-state index in [1.807, 2.05) is 10.8 Å². The molecule has 2 aromatic rings. The van der Waals surface area contributed by atoms with Crippen LogP contribution in [0.5, 0.6) is 5.75 Å². The first-order chi connectivity index (χ1) is 20.3. The van der Waals surface area contributed by atoms with Gasteiger partial charge in [0.1, 0.15) is 5.75 Å². The van der Waals surface area contributed by atoms with Gasteiger partial charge in [-0.3, -0.25) is 14.6 Å². The summed E-state index contributed by atoms with van der Waals surface area (Å²) < 4.78 is 79.1. The van der Waals surface area contributed by atoms with Crippen LogP contribution in [0.1, 0.15) is 27.0 Å². The van der Waals surface area contributed by atoms with E-state index < -0.39 is 38.6 Å². The minimum absolute atomic E-state index is 0. The van der Waals surface area contributed by atoms with Gasteiger partial charge in [-0.2, -0.15) is 13.2 Å². The van der Waals surface area contributed by atoms with Crippen LogP contribution in [0.15, 0.2) is 41.3 Å². The van der Waals surface area contributed by atoms with Crippen molar-refractivity contribution in [2.24, 2.45) is 0 Å². The molecule has 0 saturated carbocycles. The van der Waals surface area contributed by atoms with E-state index in [-0.39, 0.29) is 48.8 Å². The van der Waals surface area contributed by atoms with Crippen LogP contribution in [0, 0.1) is 6.92 Å². The van der Waals surface area contributed by atoms with Crippen LogP contribution < -0.4 is 4.72 Å². The number of ether oxygens (including phenoxy) is 2. The zero-order chi connectivity index (χ0) is 31.4. The minimum atomic E-state index is -4.85. The van der Waals surface area contributed by atoms with Gasteiger partial charge in [-0.15, -0.1) is 24.8 Å². The minimum Gasteiger partial charge on any atom is -0.508 e. The zero-order valence-corrected chi connectivity index (χ0v) is 27.8. The van der Waals surface area contributed by atoms with E-state index in [9.17, 15) is 31.5 Å². The number of morpholine rings is 1. The Balaban J connectivity index is 0.00000353. The lowest BCUT2D eigenvalue weighted by molar-refractivity contribution is -0.137. The molecule has 0 aliphatic carbocycles. The van der Waals surface area contributed by atoms with Gasteiger partial charge in [0.2, 0.25) is 10.0 Å². The summed E-state index contributed by atoms with van der Waals surface area (Å²) in [6, 6.07) is 7.02. The number of aryl methyl sites for hydroxylation is 1. The Labute approximate surface area is 274 Å². The molecule has 254 valence electrons. The normalized spacial score (nSPS) is 19.9. The fourth-order valence-electron chi connectivity index (χ4n) is 5.50. The van der Waals surface area contributed by atoms with Crippen molar-refractivity contribution in [3.63, 3.8) is 0 Å². The number of carbonyl (C=O) groups excluding carboxylic acids is 1. The lowest BCUT2D eigenvalue weighted by atomic mass is 9.99. The third-order valence-electron chi connectivity index (χ3n) is 7.94. The Morgan fingerprint density at radius 2 is 1.76 bits per heavy atom. The lowest BCUT2D eigenvalue weighted by Gasteiger charge is -2.43. The molecule has 2 N–H and O–H groups in total. The van der Waals surface area contributed by atoms with Crippen LogP contribution in [-0.4, -0.2) is 119 Å². The molecule has 0 spiro atoms. The maximum absolute atomic E-state index is 13.8. The number of piperazine rings is 1. The van der Waals surface area contributed by atoms with E-state index in [1.165, 1.54) is 4.90 Å². The second-order valence-electron chi connectivity index (χ2n) is 11.0. The van der Waals surface area contributed by atoms with Gasteiger partial charge in [0.15, 0.2) is 0 Å². The number of aromatic hydroxyl groups is 1. The molecule has 0 aromatic heterocycles. The summed E-state index contributed by atoms with van der Waals surface area (Å²) in [6.07, 6.45) is -4.50. The number of benzene rings is 2. The molecule has 2 aromatic carbocycles. The SMILES string of the molecule is CNS(=O)(=O)c1cc(C(=O)N2CCN(CCN3CCO[C@H](COC)C3)C[C@H]2Cc2ccc(C)c(O)c2)cc(C(F)(F)F)c1.Cl.Cl. The lowest BCUT2D eigenvalue weighted by Crippen LogP contribution is -2.57. The second kappa shape index (κ2) is 16.6. The Morgan fingerprint density at radius 3 is 2.38 bits per heavy atom. The van der Waals surface area contributed by atoms with Gasteiger partial charge < -0.3 is 19.5 Å². The highest BCUT2D eigenvalue weighted by atomic mass is 35.5. The van der Waals surface area contributed by atoms with Crippen molar-refractivity contribution in [2.75, 3.05) is 73.2 Å². The van der Waals surface area contributed by atoms with Crippen molar-refractivity contribution in [3.05, 3.63) is 58.7 Å². The maximum atomic E-state index is 13.8. The maximum Gasteiger partial charge on any atom is 0.416 e. The number of halogens is 5. The smallest absolute Gasteiger partial charge is 0.416 e. The average molecular weight is 702 g/mol. The van der Waals surface area contributed by atoms with Gasteiger partial charge in [-0.25, -0.2) is 13.1 Å². The first-order valence-electron chi connectivity index (χ1n) is 14.1. The van der Waals surface area contributed by atoms with Crippen LogP contribution in [-0.2, 0) is 32.1 Å². The fourth-order valence-corrected chi connectivity index (χ4v) is 6.30. The van der Waals surface area contributed by atoms with Gasteiger partial charge in [0, 0.05) is 64.5 Å². The highest BCUT2D eigenvalue weighted by molar-refractivity contribution is 7.89. The number of nitrogens with one attached hydrogen (secondary N) is 1. The summed E-state index contributed by atoms with van der Waals surface area (Å²) in [4.78, 5) is 19.2. The highest BCUT2D eigenvalue weighted by Gasteiger charge is 2.36. The third-order valence-corrected chi connectivity index (χ3v) is 9.33. The van der Waals surface area contributed by atoms with Crippen molar-refractivity contribution in [1.29, 1.82) is 0 Å². The van der Waals surface area contributed by atoms with Gasteiger partial charge in [-0.1, -0.05) is 12.1 Å². The van der Waals surface area contributed by atoms with E-state index >= 15 is 0 Å². The molecule has 2 aliphatic heterocycles. The molecular weight excluding hydrogens is 660 g/mol. The van der Waals surface area contributed by atoms with E-state index in [2.05, 4.69) is 9.80 Å². The molecule has 0 unspecified atom stereocenters. The van der Waals surface area contributed by atoms with Gasteiger partial charge >= 0.3 is 6.18 Å². The molecule has 1 amide bonds. The molecule has 2 aliphatic rings. The van der Waals surface area contributed by atoms with Crippen molar-refractivity contribution in [1.82, 2.24) is 19.4 Å². The summed E-state index contributed by atoms with van der Waals surface area (Å²) >= 11 is 0. The van der Waals surface area contributed by atoms with Gasteiger partial charge in [0.05, 0.1) is 29.8 Å². The number of hydrogen-bond donors (Lipinski definition) is 2. The summed E-state index contributed by atoms with van der Waals surface area (Å²) in [5.74, 6) is -0.573. The van der Waals surface area contributed by atoms with Crippen LogP contribution in [0.25, 0.3) is 0 Å². The molecule has 4 rings (SSSR count). The summed E-state index contributed by atoms with van der Waals surface area (Å²) in [5, 5.41) is 10.3. The number of carbonyl (C=O) groups is 1. The van der Waals surface area contributed by atoms with Crippen molar-refractivity contribution in [3.8, 4) is 5.75 Å². The highest BCUT2D eigenvalue weighted by Crippen LogP contribution is 2.32. The zero-order valence-electron chi connectivity index (χ0n) is 25.4. The predicted molar refractivity (Wildman–Crippen MR) is 168 cm³/mol. The molecule has 2 saturated heterocycles. The van der Waals surface area contributed by atoms with Crippen molar-refractivity contribution in [2.45, 2.75) is 36.6 Å². The monoisotopic (exact) mass is 700 g/mol. The van der Waals surface area contributed by atoms with Crippen LogP contribution in [0.2, 0.25) is 0 Å². The Hall–Kier alpha value is -2.17. The molecule has 2 atom stereocenters. The second-order valence-corrected chi connectivity index (χ2v) is 12.9. The summed E-state index contributed by atoms with van der Waals surface area (Å²) in [5.41, 5.74) is -0.109. The number of hydrogen-bond acceptors (Lipinski definition) is 8. The van der Waals surface area contributed by atoms with Crippen LogP contribution in [0.4, 0.5) is 13.2 Å². The quantitative estimate of drug-likeness (QED) is 0.389. The number of amides is 1. The topological polar surface area (TPSA) is 112 Å². The fraction of sp³-hybridized carbons (Fsp3) is 0.552. The summed E-state index contributed by atoms with van der Waals surface area (Å²) in [7, 11) is -1.52. The molecule has 0 radical (unpaired) electrons. The van der Waals surface area contributed by atoms with Gasteiger partial charge in [-0.05, 0) is 55.8 Å². The Kier molecular flexibility index (Phi) is 14.4. The van der Waals surface area contributed by atoms with Crippen LogP contribution >= 0.6 is 24.8 Å². The average Bonchev–Trinajstić information content (AvgIpc) is 2.97. The standard InChI is InChI=1S/C29H39F3N4O6S.2ClH/c1-20-4-5-21(13-27(20)37)12-24-17-34(6-7-35-10-11-42-25(18-35)19-41-3)8-9-36(24)28(38)22-14-23(29(30,31)32)16-26(15-22)43(39,40)33-2;;/h4-5,13-16,24-25,33,37H,6-12,17-19H2,1-3H3;2*1H/t24-,25+;;/m1../s1. The Bertz CT molecular complexity index is 1400. The number of nitrogens with zero attached hydrogens (tertiary/aromatic N) is 3. The van der Waals surface area contributed by atoms with E-state index in [0.29, 0.717) is 57.0 Å². The molecule has 2 fully saturated rings. The van der Waals surface area contributed by atoms with Gasteiger partial charge in [0.25, 0.3) is 5.91 Å². The number of alkyl halides is 3. The Morgan fingerprint density at radius 1 is 1.07 bits per heavy atom. The molecule has 0 bridgehead atoms. The molecule has 45 heavy (non-hydrogen) atoms. The molecule has 10 nitrogen and oxygen atoms in total. The van der Waals surface area contributed by atoms with E-state index in [0.717, 1.165) is 38.3 Å². The number of rotatable bonds is 10. The van der Waals surface area contributed by atoms with Crippen molar-refractivity contribution >= 4 is 40.7 Å². The largest absolute Gasteiger partial charge is 0.508 e. The number of phenols is 1. The first kappa shape index (κ1) is 39.0. The number of phenolic OH excluding ortho intramolecular Hbond substituents is 1. The number of methoxy groups -OCH3 is 1. The number of sulfonamides is 1. The van der Waals surface area contributed by atoms with E-state index in [4.69, 9.17) is 9.47 Å². The van der Waals surface area contributed by atoms with E-state index in [1.54, 1.807) is 26.2 Å². The van der Waals surface area contributed by atoms with Crippen molar-refractivity contribution < 1.29 is 41.0 Å². The molecular formula is C29H41Cl2F3N4O6S. The summed E-state index contributed by atoms with van der Waals surface area (Å²) in [6.45, 7) is 7.09. The van der Waals surface area contributed by atoms with Crippen LogP contribution in [0.3, 0.4) is 0 Å². The molecule has 16 heteroatoms. The molecule has 2 heterocycles. The third kappa shape index (κ3) is 10.2. The first-order valence-corrected chi connectivity index (χ1v) is 15.6.